The zero-order valence-corrected chi connectivity index (χ0v) is 16.2. The molecule has 1 atom stereocenters. The van der Waals surface area contributed by atoms with Crippen molar-refractivity contribution in [1.29, 1.82) is 0 Å². The molecule has 2 N–H and O–H groups in total. The van der Waals surface area contributed by atoms with Gasteiger partial charge in [0.25, 0.3) is 0 Å². The number of carbonyl (C=O) groups excluding carboxylic acids is 2. The van der Waals surface area contributed by atoms with E-state index in [0.29, 0.717) is 35.9 Å². The van der Waals surface area contributed by atoms with Gasteiger partial charge in [-0.05, 0) is 31.5 Å². The molecule has 0 unspecified atom stereocenters. The minimum atomic E-state index is -0.687. The van der Waals surface area contributed by atoms with E-state index in [0.717, 1.165) is 6.42 Å². The number of rotatable bonds is 6. The molecular weight excluding hydrogens is 368 g/mol. The summed E-state index contributed by atoms with van der Waals surface area (Å²) in [6.07, 6.45) is 4.51. The molecule has 9 heteroatoms. The minimum absolute atomic E-state index is 0.0329. The highest BCUT2D eigenvalue weighted by atomic mass is 35.5. The molecule has 0 saturated carbocycles. The number of benzene rings is 1. The molecule has 1 fully saturated rings. The summed E-state index contributed by atoms with van der Waals surface area (Å²) in [5.41, 5.74) is 0.516. The fraction of sp³-hybridized carbons (Fsp3) is 0.444. The first-order chi connectivity index (χ1) is 12.9. The maximum absolute atomic E-state index is 12.7. The van der Waals surface area contributed by atoms with E-state index < -0.39 is 5.54 Å². The van der Waals surface area contributed by atoms with E-state index in [1.807, 2.05) is 18.7 Å². The molecule has 1 aromatic heterocycles. The number of anilines is 1. The predicted octanol–water partition coefficient (Wildman–Crippen LogP) is 1.85. The van der Waals surface area contributed by atoms with Crippen LogP contribution in [0.25, 0.3) is 5.69 Å². The summed E-state index contributed by atoms with van der Waals surface area (Å²) in [7, 11) is 0. The maximum Gasteiger partial charge on any atom is 0.240 e. The smallest absolute Gasteiger partial charge is 0.240 e. The lowest BCUT2D eigenvalue weighted by molar-refractivity contribution is -0.138. The van der Waals surface area contributed by atoms with Crippen molar-refractivity contribution in [2.24, 2.45) is 0 Å². The first-order valence-corrected chi connectivity index (χ1v) is 9.29. The molecule has 0 aliphatic carbocycles. The third-order valence-electron chi connectivity index (χ3n) is 4.82. The Bertz CT molecular complexity index is 825. The van der Waals surface area contributed by atoms with Crippen LogP contribution in [-0.4, -0.2) is 56.7 Å². The summed E-state index contributed by atoms with van der Waals surface area (Å²) in [5, 5.41) is 10.4. The summed E-state index contributed by atoms with van der Waals surface area (Å²) in [6.45, 7) is 5.20. The fourth-order valence-corrected chi connectivity index (χ4v) is 3.57. The van der Waals surface area contributed by atoms with E-state index in [9.17, 15) is 9.59 Å². The average molecular weight is 391 g/mol. The second kappa shape index (κ2) is 8.06. The van der Waals surface area contributed by atoms with Gasteiger partial charge >= 0.3 is 0 Å². The number of nitrogens with zero attached hydrogens (tertiary/aromatic N) is 4. The third-order valence-corrected chi connectivity index (χ3v) is 5.06. The van der Waals surface area contributed by atoms with Gasteiger partial charge in [-0.2, -0.15) is 5.10 Å². The Hall–Kier alpha value is -2.45. The van der Waals surface area contributed by atoms with Crippen molar-refractivity contribution in [1.82, 2.24) is 25.0 Å². The molecule has 144 valence electrons. The first kappa shape index (κ1) is 19.3. The van der Waals surface area contributed by atoms with Gasteiger partial charge in [0.05, 0.1) is 23.5 Å². The highest BCUT2D eigenvalue weighted by Crippen LogP contribution is 2.26. The maximum atomic E-state index is 12.7. The molecule has 3 rings (SSSR count). The van der Waals surface area contributed by atoms with Gasteiger partial charge in [-0.25, -0.2) is 9.67 Å². The molecule has 0 spiro atoms. The van der Waals surface area contributed by atoms with Crippen molar-refractivity contribution >= 4 is 29.1 Å². The summed E-state index contributed by atoms with van der Waals surface area (Å²) >= 11 is 6.10. The Labute approximate surface area is 162 Å². The summed E-state index contributed by atoms with van der Waals surface area (Å²) in [6, 6.07) is 5.16. The van der Waals surface area contributed by atoms with E-state index in [1.54, 1.807) is 29.2 Å². The van der Waals surface area contributed by atoms with Crippen molar-refractivity contribution in [2.75, 3.05) is 25.0 Å². The molecule has 8 nitrogen and oxygen atoms in total. The molecule has 1 saturated heterocycles. The van der Waals surface area contributed by atoms with Gasteiger partial charge < -0.3 is 10.6 Å². The van der Waals surface area contributed by atoms with Crippen molar-refractivity contribution in [3.05, 3.63) is 35.9 Å². The molecule has 2 amide bonds. The summed E-state index contributed by atoms with van der Waals surface area (Å²) < 4.78 is 1.56. The lowest BCUT2D eigenvalue weighted by atomic mass is 9.90. The number of carbonyl (C=O) groups is 2. The normalized spacial score (nSPS) is 20.3. The van der Waals surface area contributed by atoms with Crippen LogP contribution in [0.15, 0.2) is 30.9 Å². The molecular formula is C18H23ClN6O2. The molecule has 1 aliphatic rings. The topological polar surface area (TPSA) is 92.2 Å². The molecule has 1 aliphatic heterocycles. The van der Waals surface area contributed by atoms with E-state index in [1.165, 1.54) is 6.33 Å². The van der Waals surface area contributed by atoms with Crippen LogP contribution in [0.5, 0.6) is 0 Å². The summed E-state index contributed by atoms with van der Waals surface area (Å²) in [5.74, 6) is -0.245. The first-order valence-electron chi connectivity index (χ1n) is 8.92. The molecule has 0 radical (unpaired) electrons. The standard InChI is InChI=1S/C18H23ClN6O2/c1-3-6-18(2)17(27)21-7-8-24(18)10-16(26)23-14-9-13(19)4-5-15(14)25-12-20-11-22-25/h4-5,9,11-12H,3,6-8,10H2,1-2H3,(H,21,27)(H,23,26)/t18-/m0/s1. The number of halogens is 1. The second-order valence-corrected chi connectivity index (χ2v) is 7.19. The monoisotopic (exact) mass is 390 g/mol. The van der Waals surface area contributed by atoms with Crippen LogP contribution in [0.1, 0.15) is 26.7 Å². The molecule has 2 aromatic rings. The quantitative estimate of drug-likeness (QED) is 0.785. The lowest BCUT2D eigenvalue weighted by Gasteiger charge is -2.43. The molecule has 27 heavy (non-hydrogen) atoms. The SMILES string of the molecule is CCC[C@@]1(C)C(=O)NCCN1CC(=O)Nc1cc(Cl)ccc1-n1cncn1. The number of amides is 2. The lowest BCUT2D eigenvalue weighted by Crippen LogP contribution is -2.64. The molecule has 0 bridgehead atoms. The van der Waals surface area contributed by atoms with E-state index in [4.69, 9.17) is 11.6 Å². The number of nitrogens with one attached hydrogen (secondary N) is 2. The molecule has 1 aromatic carbocycles. The average Bonchev–Trinajstić information content (AvgIpc) is 3.14. The highest BCUT2D eigenvalue weighted by Gasteiger charge is 2.41. The van der Waals surface area contributed by atoms with Crippen molar-refractivity contribution in [3.63, 3.8) is 0 Å². The van der Waals surface area contributed by atoms with Crippen LogP contribution < -0.4 is 10.6 Å². The van der Waals surface area contributed by atoms with Gasteiger partial charge in [-0.3, -0.25) is 14.5 Å². The van der Waals surface area contributed by atoms with Crippen molar-refractivity contribution in [3.8, 4) is 5.69 Å². The second-order valence-electron chi connectivity index (χ2n) is 6.75. The molecule has 2 heterocycles. The Morgan fingerprint density at radius 3 is 2.96 bits per heavy atom. The van der Waals surface area contributed by atoms with E-state index in [-0.39, 0.29) is 18.4 Å². The third kappa shape index (κ3) is 4.12. The predicted molar refractivity (Wildman–Crippen MR) is 103 cm³/mol. The number of aromatic nitrogens is 3. The van der Waals surface area contributed by atoms with Crippen LogP contribution in [0, 0.1) is 0 Å². The number of hydrogen-bond acceptors (Lipinski definition) is 5. The van der Waals surface area contributed by atoms with Crippen molar-refractivity contribution < 1.29 is 9.59 Å². The zero-order valence-electron chi connectivity index (χ0n) is 15.4. The van der Waals surface area contributed by atoms with Crippen LogP contribution in [0.3, 0.4) is 0 Å². The summed E-state index contributed by atoms with van der Waals surface area (Å²) in [4.78, 5) is 31.0. The minimum Gasteiger partial charge on any atom is -0.353 e. The van der Waals surface area contributed by atoms with Gasteiger partial charge in [-0.1, -0.05) is 24.9 Å². The Kier molecular flexibility index (Phi) is 5.76. The van der Waals surface area contributed by atoms with E-state index >= 15 is 0 Å². The van der Waals surface area contributed by atoms with Crippen LogP contribution >= 0.6 is 11.6 Å². The van der Waals surface area contributed by atoms with Crippen LogP contribution in [0.4, 0.5) is 5.69 Å². The Morgan fingerprint density at radius 2 is 2.26 bits per heavy atom. The van der Waals surface area contributed by atoms with Crippen LogP contribution in [-0.2, 0) is 9.59 Å². The van der Waals surface area contributed by atoms with Gasteiger partial charge in [-0.15, -0.1) is 0 Å². The fourth-order valence-electron chi connectivity index (χ4n) is 3.40. The van der Waals surface area contributed by atoms with Gasteiger partial charge in [0, 0.05) is 18.1 Å². The van der Waals surface area contributed by atoms with Gasteiger partial charge in [0.15, 0.2) is 0 Å². The van der Waals surface area contributed by atoms with Crippen molar-refractivity contribution in [2.45, 2.75) is 32.2 Å². The van der Waals surface area contributed by atoms with Gasteiger partial charge in [0.1, 0.15) is 12.7 Å². The zero-order chi connectivity index (χ0) is 19.4. The van der Waals surface area contributed by atoms with Crippen LogP contribution in [0.2, 0.25) is 5.02 Å². The largest absolute Gasteiger partial charge is 0.353 e. The highest BCUT2D eigenvalue weighted by molar-refractivity contribution is 6.31. The van der Waals surface area contributed by atoms with Gasteiger partial charge in [0.2, 0.25) is 11.8 Å². The Balaban J connectivity index is 1.78. The number of hydrogen-bond donors (Lipinski definition) is 2. The van der Waals surface area contributed by atoms with E-state index in [2.05, 4.69) is 20.7 Å². The number of piperazine rings is 1. The Morgan fingerprint density at radius 1 is 1.44 bits per heavy atom.